The van der Waals surface area contributed by atoms with Crippen LogP contribution in [0.5, 0.6) is 0 Å². The van der Waals surface area contributed by atoms with Gasteiger partial charge in [0.1, 0.15) is 5.82 Å². The predicted octanol–water partition coefficient (Wildman–Crippen LogP) is 2.36. The Morgan fingerprint density at radius 1 is 1.58 bits per heavy atom. The molecule has 2 aliphatic rings. The van der Waals surface area contributed by atoms with Crippen LogP contribution in [0.3, 0.4) is 0 Å². The van der Waals surface area contributed by atoms with Gasteiger partial charge in [-0.3, -0.25) is 0 Å². The van der Waals surface area contributed by atoms with Crippen molar-refractivity contribution in [1.82, 2.24) is 5.32 Å². The van der Waals surface area contributed by atoms with Crippen LogP contribution in [-0.2, 0) is 4.74 Å². The van der Waals surface area contributed by atoms with Crippen LogP contribution < -0.4 is 11.1 Å². The molecule has 0 saturated carbocycles. The lowest BCUT2D eigenvalue weighted by molar-refractivity contribution is -0.0356. The highest BCUT2D eigenvalue weighted by Gasteiger charge is 2.29. The number of halogens is 1. The largest absolute Gasteiger partial charge is 0.383 e. The highest BCUT2D eigenvalue weighted by atomic mass is 19.1. The summed E-state index contributed by atoms with van der Waals surface area (Å²) in [5.41, 5.74) is 8.08. The Balaban J connectivity index is 1.98. The molecule has 0 aromatic heterocycles. The van der Waals surface area contributed by atoms with Crippen molar-refractivity contribution >= 4 is 6.21 Å². The summed E-state index contributed by atoms with van der Waals surface area (Å²) in [7, 11) is 0. The van der Waals surface area contributed by atoms with Gasteiger partial charge in [0, 0.05) is 6.92 Å². The van der Waals surface area contributed by atoms with Crippen molar-refractivity contribution in [3.05, 3.63) is 34.9 Å². The molecule has 3 N–H and O–H groups in total. The SMILES string of the molecule is CC1=CC=C(COC2(C)N=CC(F)=C(N)N2)C(C)C1. The summed E-state index contributed by atoms with van der Waals surface area (Å²) in [4.78, 5) is 4.00. The van der Waals surface area contributed by atoms with Crippen LogP contribution in [0.4, 0.5) is 4.39 Å². The molecule has 19 heavy (non-hydrogen) atoms. The number of aliphatic imine (C=N–C) groups is 1. The molecule has 0 bridgehead atoms. The predicted molar refractivity (Wildman–Crippen MR) is 73.9 cm³/mol. The van der Waals surface area contributed by atoms with Crippen molar-refractivity contribution in [3.8, 4) is 0 Å². The molecule has 2 unspecified atom stereocenters. The molecular formula is C14H20FN3O. The second-order valence-electron chi connectivity index (χ2n) is 5.28. The van der Waals surface area contributed by atoms with Crippen LogP contribution >= 0.6 is 0 Å². The number of nitrogens with two attached hydrogens (primary N) is 1. The zero-order valence-corrected chi connectivity index (χ0v) is 11.5. The fourth-order valence-corrected chi connectivity index (χ4v) is 2.17. The maximum atomic E-state index is 13.1. The summed E-state index contributed by atoms with van der Waals surface area (Å²) in [5, 5.41) is 2.73. The maximum Gasteiger partial charge on any atom is 0.235 e. The number of hydrogen-bond donors (Lipinski definition) is 2. The first-order chi connectivity index (χ1) is 8.89. The summed E-state index contributed by atoms with van der Waals surface area (Å²) < 4.78 is 18.8. The Hall–Kier alpha value is -1.62. The molecular weight excluding hydrogens is 245 g/mol. The van der Waals surface area contributed by atoms with E-state index >= 15 is 0 Å². The van der Waals surface area contributed by atoms with Gasteiger partial charge in [0.25, 0.3) is 0 Å². The molecule has 0 radical (unpaired) electrons. The minimum Gasteiger partial charge on any atom is -0.383 e. The molecule has 2 rings (SSSR count). The summed E-state index contributed by atoms with van der Waals surface area (Å²) in [6.07, 6.45) is 6.32. The monoisotopic (exact) mass is 265 g/mol. The van der Waals surface area contributed by atoms with Gasteiger partial charge < -0.3 is 15.8 Å². The van der Waals surface area contributed by atoms with Crippen molar-refractivity contribution in [3.63, 3.8) is 0 Å². The Labute approximate surface area is 112 Å². The molecule has 0 aromatic carbocycles. The molecule has 4 nitrogen and oxygen atoms in total. The van der Waals surface area contributed by atoms with E-state index in [1.807, 2.05) is 0 Å². The molecule has 1 aliphatic heterocycles. The van der Waals surface area contributed by atoms with Crippen LogP contribution in [0.15, 0.2) is 39.9 Å². The van der Waals surface area contributed by atoms with E-state index in [1.54, 1.807) is 6.92 Å². The van der Waals surface area contributed by atoms with E-state index < -0.39 is 11.7 Å². The van der Waals surface area contributed by atoms with Gasteiger partial charge in [-0.25, -0.2) is 9.38 Å². The van der Waals surface area contributed by atoms with E-state index in [2.05, 4.69) is 36.3 Å². The number of allylic oxidation sites excluding steroid dienone is 4. The molecule has 0 saturated heterocycles. The van der Waals surface area contributed by atoms with Crippen LogP contribution in [0.25, 0.3) is 0 Å². The normalized spacial score (nSPS) is 30.8. The second-order valence-corrected chi connectivity index (χ2v) is 5.28. The van der Waals surface area contributed by atoms with Gasteiger partial charge in [-0.1, -0.05) is 24.6 Å². The van der Waals surface area contributed by atoms with Crippen molar-refractivity contribution in [1.29, 1.82) is 0 Å². The number of ether oxygens (including phenoxy) is 1. The quantitative estimate of drug-likeness (QED) is 0.823. The average Bonchev–Trinajstić information content (AvgIpc) is 2.34. The molecule has 0 aromatic rings. The van der Waals surface area contributed by atoms with Crippen molar-refractivity contribution in [2.24, 2.45) is 16.6 Å². The van der Waals surface area contributed by atoms with Crippen molar-refractivity contribution < 1.29 is 9.13 Å². The van der Waals surface area contributed by atoms with E-state index in [9.17, 15) is 4.39 Å². The van der Waals surface area contributed by atoms with E-state index in [0.717, 1.165) is 12.6 Å². The summed E-state index contributed by atoms with van der Waals surface area (Å²) in [5.74, 6) is -1.16. The number of nitrogens with zero attached hydrogens (tertiary/aromatic N) is 1. The standard InChI is InChI=1S/C14H20FN3O/c1-9-4-5-11(10(2)6-9)8-19-14(3)17-7-12(15)13(16)18-14/h4-5,7,10,18H,6,8,16H2,1-3H3. The Bertz CT molecular complexity index is 493. The molecule has 0 fully saturated rings. The van der Waals surface area contributed by atoms with E-state index in [1.165, 1.54) is 11.1 Å². The zero-order valence-electron chi connectivity index (χ0n) is 11.5. The molecule has 1 aliphatic carbocycles. The molecule has 2 atom stereocenters. The third kappa shape index (κ3) is 3.23. The summed E-state index contributed by atoms with van der Waals surface area (Å²) >= 11 is 0. The van der Waals surface area contributed by atoms with Crippen LogP contribution in [-0.4, -0.2) is 18.7 Å². The number of hydrogen-bond acceptors (Lipinski definition) is 4. The minimum atomic E-state index is -1.00. The Morgan fingerprint density at radius 3 is 2.95 bits per heavy atom. The van der Waals surface area contributed by atoms with Gasteiger partial charge >= 0.3 is 0 Å². The fraction of sp³-hybridized carbons (Fsp3) is 0.500. The smallest absolute Gasteiger partial charge is 0.235 e. The molecule has 1 heterocycles. The van der Waals surface area contributed by atoms with Gasteiger partial charge in [-0.05, 0) is 24.8 Å². The molecule has 104 valence electrons. The van der Waals surface area contributed by atoms with Gasteiger partial charge in [-0.2, -0.15) is 0 Å². The number of rotatable bonds is 3. The fourth-order valence-electron chi connectivity index (χ4n) is 2.17. The van der Waals surface area contributed by atoms with Crippen LogP contribution in [0.1, 0.15) is 27.2 Å². The minimum absolute atomic E-state index is 0.0427. The zero-order chi connectivity index (χ0) is 14.0. The van der Waals surface area contributed by atoms with E-state index in [4.69, 9.17) is 10.5 Å². The molecule has 5 heteroatoms. The average molecular weight is 265 g/mol. The Kier molecular flexibility index (Phi) is 3.75. The van der Waals surface area contributed by atoms with E-state index in [0.29, 0.717) is 12.5 Å². The first-order valence-corrected chi connectivity index (χ1v) is 6.38. The van der Waals surface area contributed by atoms with Gasteiger partial charge in [0.15, 0.2) is 5.83 Å². The highest BCUT2D eigenvalue weighted by molar-refractivity contribution is 5.77. The van der Waals surface area contributed by atoms with Crippen molar-refractivity contribution in [2.45, 2.75) is 33.0 Å². The van der Waals surface area contributed by atoms with Gasteiger partial charge in [-0.15, -0.1) is 0 Å². The third-order valence-corrected chi connectivity index (χ3v) is 3.41. The third-order valence-electron chi connectivity index (χ3n) is 3.41. The lowest BCUT2D eigenvalue weighted by Crippen LogP contribution is -2.47. The highest BCUT2D eigenvalue weighted by Crippen LogP contribution is 2.26. The summed E-state index contributed by atoms with van der Waals surface area (Å²) in [6.45, 7) is 6.45. The summed E-state index contributed by atoms with van der Waals surface area (Å²) in [6, 6.07) is 0. The lowest BCUT2D eigenvalue weighted by Gasteiger charge is -2.31. The van der Waals surface area contributed by atoms with Crippen LogP contribution in [0.2, 0.25) is 0 Å². The maximum absolute atomic E-state index is 13.1. The Morgan fingerprint density at radius 2 is 2.32 bits per heavy atom. The first-order valence-electron chi connectivity index (χ1n) is 6.38. The van der Waals surface area contributed by atoms with E-state index in [-0.39, 0.29) is 5.82 Å². The lowest BCUT2D eigenvalue weighted by atomic mass is 9.90. The topological polar surface area (TPSA) is 59.6 Å². The number of nitrogens with one attached hydrogen (secondary N) is 1. The van der Waals surface area contributed by atoms with Crippen LogP contribution in [0, 0.1) is 5.92 Å². The van der Waals surface area contributed by atoms with Crippen molar-refractivity contribution in [2.75, 3.05) is 6.61 Å². The molecule has 0 spiro atoms. The second kappa shape index (κ2) is 5.17. The van der Waals surface area contributed by atoms with Gasteiger partial charge in [0.05, 0.1) is 12.8 Å². The van der Waals surface area contributed by atoms with Gasteiger partial charge in [0.2, 0.25) is 5.85 Å². The first kappa shape index (κ1) is 13.8. The molecule has 0 amide bonds.